The molecule has 0 saturated heterocycles. The Bertz CT molecular complexity index is 1070. The van der Waals surface area contributed by atoms with Crippen LogP contribution in [0.2, 0.25) is 0 Å². The van der Waals surface area contributed by atoms with Gasteiger partial charge in [-0.05, 0) is 49.5 Å². The van der Waals surface area contributed by atoms with Crippen LogP contribution >= 0.6 is 0 Å². The smallest absolute Gasteiger partial charge is 0.113 e. The van der Waals surface area contributed by atoms with Crippen molar-refractivity contribution < 1.29 is 20.4 Å². The fourth-order valence-electron chi connectivity index (χ4n) is 4.16. The van der Waals surface area contributed by atoms with Gasteiger partial charge in [0, 0.05) is 0 Å². The summed E-state index contributed by atoms with van der Waals surface area (Å²) in [5.41, 5.74) is 0.984. The Morgan fingerprint density at radius 3 is 2.00 bits per heavy atom. The van der Waals surface area contributed by atoms with Gasteiger partial charge < -0.3 is 20.4 Å². The lowest BCUT2D eigenvalue weighted by molar-refractivity contribution is -0.119. The summed E-state index contributed by atoms with van der Waals surface area (Å²) in [5.74, 6) is 0. The number of hydrogen-bond donors (Lipinski definition) is 4. The molecule has 4 aromatic carbocycles. The van der Waals surface area contributed by atoms with Crippen molar-refractivity contribution in [3.05, 3.63) is 59.7 Å². The van der Waals surface area contributed by atoms with Crippen molar-refractivity contribution in [3.63, 3.8) is 0 Å². The molecule has 0 heterocycles. The number of rotatable bonds is 0. The second kappa shape index (κ2) is 4.65. The van der Waals surface area contributed by atoms with Crippen molar-refractivity contribution in [2.75, 3.05) is 0 Å². The van der Waals surface area contributed by atoms with Gasteiger partial charge in [0.1, 0.15) is 24.4 Å². The molecule has 0 spiro atoms. The Morgan fingerprint density at radius 1 is 0.625 bits per heavy atom. The van der Waals surface area contributed by atoms with Crippen molar-refractivity contribution in [2.45, 2.75) is 24.4 Å². The summed E-state index contributed by atoms with van der Waals surface area (Å²) in [6, 6.07) is 15.8. The fourth-order valence-corrected chi connectivity index (χ4v) is 4.16. The molecule has 4 heteroatoms. The van der Waals surface area contributed by atoms with Crippen LogP contribution in [0.15, 0.2) is 48.5 Å². The highest BCUT2D eigenvalue weighted by Gasteiger charge is 2.41. The Labute approximate surface area is 137 Å². The minimum absolute atomic E-state index is 0.478. The third-order valence-corrected chi connectivity index (χ3v) is 5.33. The zero-order valence-electron chi connectivity index (χ0n) is 12.7. The monoisotopic (exact) mass is 320 g/mol. The third-order valence-electron chi connectivity index (χ3n) is 5.33. The molecule has 1 aliphatic carbocycles. The van der Waals surface area contributed by atoms with E-state index in [0.717, 1.165) is 32.3 Å². The van der Waals surface area contributed by atoms with E-state index < -0.39 is 24.4 Å². The zero-order chi connectivity index (χ0) is 16.6. The highest BCUT2D eigenvalue weighted by Crippen LogP contribution is 2.45. The van der Waals surface area contributed by atoms with Crippen LogP contribution in [-0.4, -0.2) is 32.6 Å². The van der Waals surface area contributed by atoms with Gasteiger partial charge in [-0.1, -0.05) is 42.5 Å². The van der Waals surface area contributed by atoms with Crippen molar-refractivity contribution >= 4 is 32.3 Å². The molecule has 0 bridgehead atoms. The van der Waals surface area contributed by atoms with E-state index >= 15 is 0 Å². The Balaban J connectivity index is 2.01. The zero-order valence-corrected chi connectivity index (χ0v) is 12.7. The first kappa shape index (κ1) is 14.1. The van der Waals surface area contributed by atoms with Crippen molar-refractivity contribution in [1.29, 1.82) is 0 Å². The predicted molar refractivity (Wildman–Crippen MR) is 92.1 cm³/mol. The highest BCUT2D eigenvalue weighted by atomic mass is 16.4. The van der Waals surface area contributed by atoms with E-state index in [-0.39, 0.29) is 0 Å². The lowest BCUT2D eigenvalue weighted by atomic mass is 9.78. The lowest BCUT2D eigenvalue weighted by Gasteiger charge is -2.35. The molecule has 4 N–H and O–H groups in total. The largest absolute Gasteiger partial charge is 0.387 e. The van der Waals surface area contributed by atoms with Crippen LogP contribution in [-0.2, 0) is 0 Å². The molecule has 2 unspecified atom stereocenters. The summed E-state index contributed by atoms with van der Waals surface area (Å²) in [6.45, 7) is 0. The molecule has 0 aromatic heterocycles. The molecular weight excluding hydrogens is 304 g/mol. The predicted octanol–water partition coefficient (Wildman–Crippen LogP) is 2.39. The Kier molecular flexibility index (Phi) is 2.74. The maximum atomic E-state index is 10.5. The van der Waals surface area contributed by atoms with Crippen molar-refractivity contribution in [2.24, 2.45) is 0 Å². The van der Waals surface area contributed by atoms with Gasteiger partial charge in [-0.25, -0.2) is 0 Å². The molecule has 24 heavy (non-hydrogen) atoms. The van der Waals surface area contributed by atoms with Crippen LogP contribution < -0.4 is 0 Å². The van der Waals surface area contributed by atoms with Crippen LogP contribution in [0.4, 0.5) is 0 Å². The molecule has 0 amide bonds. The minimum atomic E-state index is -1.41. The summed E-state index contributed by atoms with van der Waals surface area (Å²) < 4.78 is 0. The maximum Gasteiger partial charge on any atom is 0.113 e. The molecule has 4 nitrogen and oxygen atoms in total. The van der Waals surface area contributed by atoms with E-state index in [0.29, 0.717) is 11.1 Å². The Morgan fingerprint density at radius 2 is 1.25 bits per heavy atom. The van der Waals surface area contributed by atoms with Gasteiger partial charge in [-0.3, -0.25) is 0 Å². The number of aliphatic hydroxyl groups excluding tert-OH is 4. The molecule has 1 aliphatic rings. The van der Waals surface area contributed by atoms with E-state index in [4.69, 9.17) is 0 Å². The lowest BCUT2D eigenvalue weighted by Crippen LogP contribution is -2.41. The van der Waals surface area contributed by atoms with Crippen LogP contribution in [0.1, 0.15) is 23.3 Å². The summed E-state index contributed by atoms with van der Waals surface area (Å²) in [7, 11) is 0. The van der Waals surface area contributed by atoms with Crippen molar-refractivity contribution in [1.82, 2.24) is 0 Å². The third kappa shape index (κ3) is 1.61. The standard InChI is InChI=1S/C20H16O4/c21-17-13-8-11-5-4-9-2-1-3-10-6-7-12(15(11)14(9)10)16(13)18(22)20(24)19(17)23/h1-8,17-24H/t17?,18?,19-,20-/m0/s1. The molecule has 5 rings (SSSR count). The van der Waals surface area contributed by atoms with Crippen molar-refractivity contribution in [3.8, 4) is 0 Å². The Hall–Kier alpha value is -2.24. The molecular formula is C20H16O4. The first-order valence-corrected chi connectivity index (χ1v) is 8.00. The highest BCUT2D eigenvalue weighted by molar-refractivity contribution is 6.23. The topological polar surface area (TPSA) is 80.9 Å². The first-order valence-electron chi connectivity index (χ1n) is 8.00. The van der Waals surface area contributed by atoms with Gasteiger partial charge in [-0.2, -0.15) is 0 Å². The van der Waals surface area contributed by atoms with E-state index in [2.05, 4.69) is 0 Å². The van der Waals surface area contributed by atoms with E-state index in [1.807, 2.05) is 48.5 Å². The summed E-state index contributed by atoms with van der Waals surface area (Å²) >= 11 is 0. The van der Waals surface area contributed by atoms with Crippen LogP contribution in [0.5, 0.6) is 0 Å². The molecule has 0 fully saturated rings. The normalized spacial score (nSPS) is 27.2. The van der Waals surface area contributed by atoms with Crippen LogP contribution in [0, 0.1) is 0 Å². The summed E-state index contributed by atoms with van der Waals surface area (Å²) in [4.78, 5) is 0. The summed E-state index contributed by atoms with van der Waals surface area (Å²) in [5, 5.41) is 47.1. The molecule has 0 saturated carbocycles. The average Bonchev–Trinajstić information content (AvgIpc) is 2.62. The number of hydrogen-bond acceptors (Lipinski definition) is 4. The fraction of sp³-hybridized carbons (Fsp3) is 0.200. The molecule has 120 valence electrons. The quantitative estimate of drug-likeness (QED) is 0.375. The van der Waals surface area contributed by atoms with E-state index in [1.54, 1.807) is 0 Å². The second-order valence-corrected chi connectivity index (χ2v) is 6.61. The minimum Gasteiger partial charge on any atom is -0.387 e. The number of fused-ring (bicyclic) bond motifs is 2. The molecule has 4 aromatic rings. The SMILES string of the molecule is OC1c2cc3ccc4cccc5ccc(c2C(O)[C@H](O)[C@H]1O)c3c45. The first-order chi connectivity index (χ1) is 11.6. The van der Waals surface area contributed by atoms with Gasteiger partial charge >= 0.3 is 0 Å². The van der Waals surface area contributed by atoms with E-state index in [9.17, 15) is 20.4 Å². The average molecular weight is 320 g/mol. The maximum absolute atomic E-state index is 10.5. The van der Waals surface area contributed by atoms with Gasteiger partial charge in [0.05, 0.1) is 0 Å². The van der Waals surface area contributed by atoms with Gasteiger partial charge in [0.15, 0.2) is 0 Å². The molecule has 0 aliphatic heterocycles. The second-order valence-electron chi connectivity index (χ2n) is 6.61. The summed E-state index contributed by atoms with van der Waals surface area (Å²) in [6.07, 6.45) is -5.27. The van der Waals surface area contributed by atoms with Crippen LogP contribution in [0.3, 0.4) is 0 Å². The van der Waals surface area contributed by atoms with Crippen LogP contribution in [0.25, 0.3) is 32.3 Å². The van der Waals surface area contributed by atoms with E-state index in [1.165, 1.54) is 0 Å². The van der Waals surface area contributed by atoms with Gasteiger partial charge in [0.2, 0.25) is 0 Å². The number of benzene rings is 4. The molecule has 0 radical (unpaired) electrons. The van der Waals surface area contributed by atoms with Gasteiger partial charge in [-0.15, -0.1) is 0 Å². The number of aliphatic hydroxyl groups is 4. The molecule has 4 atom stereocenters. The van der Waals surface area contributed by atoms with Gasteiger partial charge in [0.25, 0.3) is 0 Å².